The molecule has 0 radical (unpaired) electrons. The molecule has 1 unspecified atom stereocenters. The van der Waals surface area contributed by atoms with E-state index >= 15 is 0 Å². The fourth-order valence-corrected chi connectivity index (χ4v) is 7.22. The number of esters is 3. The van der Waals surface area contributed by atoms with Crippen LogP contribution in [0, 0.1) is 0 Å². The van der Waals surface area contributed by atoms with Crippen molar-refractivity contribution in [1.29, 1.82) is 0 Å². The smallest absolute Gasteiger partial charge is 0.306 e. The maximum absolute atomic E-state index is 12.7. The fraction of sp³-hybridized carbons (Fsp3) is 0.796. The van der Waals surface area contributed by atoms with Gasteiger partial charge in [0.05, 0.1) is 0 Å². The van der Waals surface area contributed by atoms with E-state index in [1.165, 1.54) is 116 Å². The van der Waals surface area contributed by atoms with Gasteiger partial charge in [0.15, 0.2) is 6.10 Å². The molecule has 0 rings (SSSR count). The van der Waals surface area contributed by atoms with Crippen LogP contribution >= 0.6 is 0 Å². The summed E-state index contributed by atoms with van der Waals surface area (Å²) in [5.74, 6) is -0.924. The first-order chi connectivity index (χ1) is 29.5. The molecule has 0 aromatic rings. The molecular formula is C54H96O6. The van der Waals surface area contributed by atoms with Crippen molar-refractivity contribution in [2.75, 3.05) is 13.2 Å². The summed E-state index contributed by atoms with van der Waals surface area (Å²) in [6, 6.07) is 0. The van der Waals surface area contributed by atoms with Gasteiger partial charge in [0, 0.05) is 19.3 Å². The van der Waals surface area contributed by atoms with E-state index in [-0.39, 0.29) is 31.1 Å². The van der Waals surface area contributed by atoms with E-state index in [1.807, 2.05) is 0 Å². The van der Waals surface area contributed by atoms with Crippen LogP contribution in [0.25, 0.3) is 0 Å². The monoisotopic (exact) mass is 841 g/mol. The van der Waals surface area contributed by atoms with Crippen molar-refractivity contribution < 1.29 is 28.6 Å². The number of carbonyl (C=O) groups is 3. The van der Waals surface area contributed by atoms with Gasteiger partial charge in [-0.1, -0.05) is 223 Å². The number of hydrogen-bond donors (Lipinski definition) is 0. The Morgan fingerprint density at radius 2 is 0.717 bits per heavy atom. The molecule has 0 saturated carbocycles. The van der Waals surface area contributed by atoms with Gasteiger partial charge >= 0.3 is 17.9 Å². The van der Waals surface area contributed by atoms with Crippen molar-refractivity contribution in [1.82, 2.24) is 0 Å². The maximum atomic E-state index is 12.7. The molecule has 0 spiro atoms. The van der Waals surface area contributed by atoms with Crippen molar-refractivity contribution in [3.63, 3.8) is 0 Å². The minimum absolute atomic E-state index is 0.0854. The average Bonchev–Trinajstić information content (AvgIpc) is 3.24. The van der Waals surface area contributed by atoms with Gasteiger partial charge in [-0.2, -0.15) is 0 Å². The molecule has 0 amide bonds. The molecule has 0 aromatic carbocycles. The first-order valence-corrected chi connectivity index (χ1v) is 25.7. The first-order valence-electron chi connectivity index (χ1n) is 25.7. The van der Waals surface area contributed by atoms with E-state index in [1.54, 1.807) is 0 Å². The third-order valence-corrected chi connectivity index (χ3v) is 11.1. The fourth-order valence-electron chi connectivity index (χ4n) is 7.22. The lowest BCUT2D eigenvalue weighted by molar-refractivity contribution is -0.167. The molecule has 0 aliphatic rings. The highest BCUT2D eigenvalue weighted by molar-refractivity contribution is 5.71. The minimum Gasteiger partial charge on any atom is -0.462 e. The normalized spacial score (nSPS) is 12.4. The number of ether oxygens (including phenoxy) is 3. The molecule has 0 N–H and O–H groups in total. The predicted molar refractivity (Wildman–Crippen MR) is 256 cm³/mol. The van der Waals surface area contributed by atoms with E-state index in [2.05, 4.69) is 69.4 Å². The van der Waals surface area contributed by atoms with Crippen molar-refractivity contribution in [2.45, 2.75) is 264 Å². The highest BCUT2D eigenvalue weighted by Gasteiger charge is 2.19. The van der Waals surface area contributed by atoms with Crippen LogP contribution in [0.15, 0.2) is 48.6 Å². The third-order valence-electron chi connectivity index (χ3n) is 11.1. The zero-order valence-electron chi connectivity index (χ0n) is 39.7. The van der Waals surface area contributed by atoms with Crippen LogP contribution in [-0.2, 0) is 28.6 Å². The summed E-state index contributed by atoms with van der Waals surface area (Å²) in [6.07, 6.45) is 58.2. The first kappa shape index (κ1) is 57.4. The summed E-state index contributed by atoms with van der Waals surface area (Å²) >= 11 is 0. The van der Waals surface area contributed by atoms with E-state index in [0.717, 1.165) is 103 Å². The molecule has 0 aromatic heterocycles. The topological polar surface area (TPSA) is 78.9 Å². The van der Waals surface area contributed by atoms with Gasteiger partial charge in [-0.3, -0.25) is 14.4 Å². The van der Waals surface area contributed by atoms with Crippen LogP contribution in [0.4, 0.5) is 0 Å². The van der Waals surface area contributed by atoms with Gasteiger partial charge in [0.1, 0.15) is 13.2 Å². The molecule has 0 saturated heterocycles. The van der Waals surface area contributed by atoms with Gasteiger partial charge in [-0.05, 0) is 64.2 Å². The van der Waals surface area contributed by atoms with E-state index in [0.29, 0.717) is 19.3 Å². The quantitative estimate of drug-likeness (QED) is 0.0200. The third kappa shape index (κ3) is 46.4. The Morgan fingerprint density at radius 3 is 1.17 bits per heavy atom. The summed E-state index contributed by atoms with van der Waals surface area (Å²) in [6.45, 7) is 6.45. The summed E-state index contributed by atoms with van der Waals surface area (Å²) in [4.78, 5) is 37.9. The molecular weight excluding hydrogens is 745 g/mol. The molecule has 0 fully saturated rings. The number of unbranched alkanes of at least 4 members (excludes halogenated alkanes) is 28. The summed E-state index contributed by atoms with van der Waals surface area (Å²) in [5, 5.41) is 0. The second kappa shape index (κ2) is 49.0. The highest BCUT2D eigenvalue weighted by atomic mass is 16.6. The predicted octanol–water partition coefficient (Wildman–Crippen LogP) is 16.7. The molecule has 0 bridgehead atoms. The van der Waals surface area contributed by atoms with E-state index < -0.39 is 6.10 Å². The second-order valence-corrected chi connectivity index (χ2v) is 17.1. The van der Waals surface area contributed by atoms with Crippen molar-refractivity contribution in [3.8, 4) is 0 Å². The Labute approximate surface area is 371 Å². The summed E-state index contributed by atoms with van der Waals surface area (Å²) in [7, 11) is 0. The molecule has 0 aliphatic heterocycles. The lowest BCUT2D eigenvalue weighted by atomic mass is 10.0. The number of carbonyl (C=O) groups excluding carboxylic acids is 3. The highest BCUT2D eigenvalue weighted by Crippen LogP contribution is 2.16. The van der Waals surface area contributed by atoms with Crippen LogP contribution in [0.1, 0.15) is 258 Å². The lowest BCUT2D eigenvalue weighted by Gasteiger charge is -2.18. The Morgan fingerprint density at radius 1 is 0.367 bits per heavy atom. The van der Waals surface area contributed by atoms with E-state index in [4.69, 9.17) is 14.2 Å². The Kier molecular flexibility index (Phi) is 46.9. The van der Waals surface area contributed by atoms with Crippen LogP contribution in [0.5, 0.6) is 0 Å². The van der Waals surface area contributed by atoms with Crippen molar-refractivity contribution in [2.24, 2.45) is 0 Å². The number of rotatable bonds is 46. The number of hydrogen-bond acceptors (Lipinski definition) is 6. The second-order valence-electron chi connectivity index (χ2n) is 17.1. The van der Waals surface area contributed by atoms with Crippen LogP contribution in [0.2, 0.25) is 0 Å². The Balaban J connectivity index is 4.31. The standard InChI is InChI=1S/C54H96O6/c1-4-7-10-13-16-19-22-24-25-26-27-28-29-30-33-35-38-41-44-47-53(56)59-50-51(49-58-52(55)46-43-40-37-34-31-21-18-15-12-9-6-3)60-54(57)48-45-42-39-36-32-23-20-17-14-11-8-5-2/h8,11,15,17-18,20-21,31,51H,4-7,9-10,12-14,16,19,22-30,32-50H2,1-3H3/b11-8-,18-15-,20-17-,31-21-. The van der Waals surface area contributed by atoms with Crippen molar-refractivity contribution in [3.05, 3.63) is 48.6 Å². The minimum atomic E-state index is -0.787. The van der Waals surface area contributed by atoms with Gasteiger partial charge in [0.2, 0.25) is 0 Å². The van der Waals surface area contributed by atoms with Gasteiger partial charge in [-0.25, -0.2) is 0 Å². The Hall–Kier alpha value is -2.63. The molecule has 1 atom stereocenters. The largest absolute Gasteiger partial charge is 0.462 e. The zero-order chi connectivity index (χ0) is 43.7. The molecule has 0 heterocycles. The maximum Gasteiger partial charge on any atom is 0.306 e. The molecule has 6 nitrogen and oxygen atoms in total. The van der Waals surface area contributed by atoms with Gasteiger partial charge in [0.25, 0.3) is 0 Å². The van der Waals surface area contributed by atoms with Gasteiger partial charge < -0.3 is 14.2 Å². The van der Waals surface area contributed by atoms with Gasteiger partial charge in [-0.15, -0.1) is 0 Å². The van der Waals surface area contributed by atoms with Crippen LogP contribution in [-0.4, -0.2) is 37.2 Å². The lowest BCUT2D eigenvalue weighted by Crippen LogP contribution is -2.30. The molecule has 348 valence electrons. The zero-order valence-corrected chi connectivity index (χ0v) is 39.7. The summed E-state index contributed by atoms with van der Waals surface area (Å²) < 4.78 is 16.7. The number of allylic oxidation sites excluding steroid dienone is 8. The van der Waals surface area contributed by atoms with Crippen molar-refractivity contribution >= 4 is 17.9 Å². The van der Waals surface area contributed by atoms with E-state index in [9.17, 15) is 14.4 Å². The molecule has 6 heteroatoms. The SMILES string of the molecule is CC/C=C\C/C=C\CCCCCCCC(=O)OC(COC(=O)CCCCC/C=C\C=C/CCCC)COC(=O)CCCCCCCCCCCCCCCCCCCCC. The molecule has 0 aliphatic carbocycles. The molecule has 60 heavy (non-hydrogen) atoms. The van der Waals surface area contributed by atoms with Crippen LogP contribution in [0.3, 0.4) is 0 Å². The average molecular weight is 841 g/mol. The van der Waals surface area contributed by atoms with Crippen LogP contribution < -0.4 is 0 Å². The Bertz CT molecular complexity index is 1060. The summed E-state index contributed by atoms with van der Waals surface area (Å²) in [5.41, 5.74) is 0.